The highest BCUT2D eigenvalue weighted by atomic mass is 32.2. The Morgan fingerprint density at radius 3 is 2.61 bits per heavy atom. The number of hydrogen-bond acceptors (Lipinski definition) is 7. The van der Waals surface area contributed by atoms with Gasteiger partial charge < -0.3 is 19.8 Å². The molecule has 9 heteroatoms. The van der Waals surface area contributed by atoms with Crippen LogP contribution in [0.1, 0.15) is 16.2 Å². The van der Waals surface area contributed by atoms with Crippen LogP contribution in [0.2, 0.25) is 0 Å². The van der Waals surface area contributed by atoms with Crippen molar-refractivity contribution in [2.24, 2.45) is 0 Å². The molecule has 0 unspecified atom stereocenters. The molecule has 0 fully saturated rings. The number of anilines is 1. The highest BCUT2D eigenvalue weighted by Crippen LogP contribution is 2.24. The van der Waals surface area contributed by atoms with E-state index in [-0.39, 0.29) is 35.2 Å². The topological polar surface area (TPSA) is 106 Å². The molecule has 0 atom stereocenters. The zero-order valence-corrected chi connectivity index (χ0v) is 15.9. The Labute approximate surface area is 165 Å². The molecule has 0 saturated heterocycles. The third kappa shape index (κ3) is 5.34. The van der Waals surface area contributed by atoms with Crippen molar-refractivity contribution in [2.45, 2.75) is 11.8 Å². The molecule has 2 aromatic carbocycles. The molecule has 3 rings (SSSR count). The van der Waals surface area contributed by atoms with Crippen LogP contribution in [0, 0.1) is 0 Å². The second-order valence-electron chi connectivity index (χ2n) is 5.55. The molecule has 28 heavy (non-hydrogen) atoms. The summed E-state index contributed by atoms with van der Waals surface area (Å²) in [4.78, 5) is 24.1. The maximum absolute atomic E-state index is 12.1. The predicted molar refractivity (Wildman–Crippen MR) is 104 cm³/mol. The number of hydrogen-bond donors (Lipinski definition) is 2. The summed E-state index contributed by atoms with van der Waals surface area (Å²) < 4.78 is 10.6. The zero-order valence-electron chi connectivity index (χ0n) is 15.0. The average molecular weight is 398 g/mol. The van der Waals surface area contributed by atoms with E-state index in [4.69, 9.17) is 9.15 Å². The third-order valence-electron chi connectivity index (χ3n) is 3.59. The minimum atomic E-state index is -0.232. The van der Waals surface area contributed by atoms with E-state index in [1.54, 1.807) is 42.5 Å². The Bertz CT molecular complexity index is 946. The summed E-state index contributed by atoms with van der Waals surface area (Å²) in [5.41, 5.74) is 1.13. The van der Waals surface area contributed by atoms with Gasteiger partial charge in [-0.15, -0.1) is 10.2 Å². The van der Waals surface area contributed by atoms with Gasteiger partial charge in [-0.2, -0.15) is 0 Å². The van der Waals surface area contributed by atoms with E-state index >= 15 is 0 Å². The highest BCUT2D eigenvalue weighted by Gasteiger charge is 2.12. The molecule has 0 aliphatic rings. The first kappa shape index (κ1) is 19.4. The van der Waals surface area contributed by atoms with E-state index in [1.165, 1.54) is 7.11 Å². The number of methoxy groups -OCH3 is 1. The fourth-order valence-corrected chi connectivity index (χ4v) is 2.86. The maximum Gasteiger partial charge on any atom is 0.277 e. The molecule has 2 amide bonds. The summed E-state index contributed by atoms with van der Waals surface area (Å²) in [6.45, 7) is 0.106. The molecule has 144 valence electrons. The number of ether oxygens (including phenoxy) is 1. The monoisotopic (exact) mass is 398 g/mol. The Kier molecular flexibility index (Phi) is 6.64. The van der Waals surface area contributed by atoms with E-state index in [9.17, 15) is 9.59 Å². The van der Waals surface area contributed by atoms with Gasteiger partial charge in [0.05, 0.1) is 25.1 Å². The molecule has 3 aromatic rings. The van der Waals surface area contributed by atoms with Crippen molar-refractivity contribution in [1.82, 2.24) is 15.5 Å². The van der Waals surface area contributed by atoms with Crippen LogP contribution in [0.5, 0.6) is 5.75 Å². The predicted octanol–water partition coefficient (Wildman–Crippen LogP) is 2.74. The molecule has 1 aromatic heterocycles. The lowest BCUT2D eigenvalue weighted by Gasteiger charge is -2.08. The Morgan fingerprint density at radius 1 is 1.07 bits per heavy atom. The molecule has 0 spiro atoms. The van der Waals surface area contributed by atoms with Crippen LogP contribution in [0.4, 0.5) is 5.69 Å². The van der Waals surface area contributed by atoms with Crippen molar-refractivity contribution < 1.29 is 18.7 Å². The van der Waals surface area contributed by atoms with Crippen LogP contribution in [-0.4, -0.2) is 34.9 Å². The molecular formula is C19H18N4O4S. The van der Waals surface area contributed by atoms with Crippen molar-refractivity contribution in [3.63, 3.8) is 0 Å². The molecule has 0 aliphatic heterocycles. The summed E-state index contributed by atoms with van der Waals surface area (Å²) in [5, 5.41) is 13.5. The summed E-state index contributed by atoms with van der Waals surface area (Å²) in [5.74, 6) is 0.471. The SMILES string of the molecule is COc1ccccc1NC(=O)CSc1nnc(CNC(=O)c2ccccc2)o1. The maximum atomic E-state index is 12.1. The number of amides is 2. The minimum absolute atomic E-state index is 0.0933. The zero-order chi connectivity index (χ0) is 19.8. The standard InChI is InChI=1S/C19H18N4O4S/c1-26-15-10-6-5-9-14(15)21-16(24)12-28-19-23-22-17(27-19)11-20-18(25)13-7-3-2-4-8-13/h2-10H,11-12H2,1H3,(H,20,25)(H,21,24). The molecule has 0 aliphatic carbocycles. The van der Waals surface area contributed by atoms with Gasteiger partial charge in [0, 0.05) is 5.56 Å². The fourth-order valence-electron chi connectivity index (χ4n) is 2.28. The second-order valence-corrected chi connectivity index (χ2v) is 6.47. The van der Waals surface area contributed by atoms with Crippen LogP contribution in [0.25, 0.3) is 0 Å². The number of rotatable bonds is 8. The fraction of sp³-hybridized carbons (Fsp3) is 0.158. The molecule has 2 N–H and O–H groups in total. The second kappa shape index (κ2) is 9.56. The van der Waals surface area contributed by atoms with Gasteiger partial charge in [0.2, 0.25) is 11.8 Å². The molecule has 0 radical (unpaired) electrons. The van der Waals surface area contributed by atoms with Gasteiger partial charge in [-0.1, -0.05) is 42.1 Å². The van der Waals surface area contributed by atoms with Crippen LogP contribution in [0.15, 0.2) is 64.2 Å². The largest absolute Gasteiger partial charge is 0.495 e. The Hall–Kier alpha value is -3.33. The summed E-state index contributed by atoms with van der Waals surface area (Å²) in [7, 11) is 1.54. The summed E-state index contributed by atoms with van der Waals surface area (Å²) in [6, 6.07) is 16.0. The van der Waals surface area contributed by atoms with Gasteiger partial charge in [0.15, 0.2) is 0 Å². The van der Waals surface area contributed by atoms with Gasteiger partial charge in [-0.3, -0.25) is 9.59 Å². The number of nitrogens with zero attached hydrogens (tertiary/aromatic N) is 2. The van der Waals surface area contributed by atoms with E-state index in [1.807, 2.05) is 12.1 Å². The number of carbonyl (C=O) groups excluding carboxylic acids is 2. The number of nitrogens with one attached hydrogen (secondary N) is 2. The van der Waals surface area contributed by atoms with Crippen LogP contribution < -0.4 is 15.4 Å². The first-order chi connectivity index (χ1) is 13.7. The number of para-hydroxylation sites is 2. The summed E-state index contributed by atoms with van der Waals surface area (Å²) in [6.07, 6.45) is 0. The number of benzene rings is 2. The molecule has 0 saturated carbocycles. The third-order valence-corrected chi connectivity index (χ3v) is 4.41. The van der Waals surface area contributed by atoms with E-state index in [0.717, 1.165) is 11.8 Å². The smallest absolute Gasteiger partial charge is 0.277 e. The number of aromatic nitrogens is 2. The van der Waals surface area contributed by atoms with Gasteiger partial charge in [0.1, 0.15) is 5.75 Å². The highest BCUT2D eigenvalue weighted by molar-refractivity contribution is 7.99. The average Bonchev–Trinajstić information content (AvgIpc) is 3.19. The normalized spacial score (nSPS) is 10.3. The van der Waals surface area contributed by atoms with E-state index in [0.29, 0.717) is 17.0 Å². The van der Waals surface area contributed by atoms with Gasteiger partial charge in [-0.05, 0) is 24.3 Å². The van der Waals surface area contributed by atoms with Crippen LogP contribution in [0.3, 0.4) is 0 Å². The lowest BCUT2D eigenvalue weighted by Crippen LogP contribution is -2.22. The first-order valence-electron chi connectivity index (χ1n) is 8.37. The Balaban J connectivity index is 1.46. The first-order valence-corrected chi connectivity index (χ1v) is 9.35. The quantitative estimate of drug-likeness (QED) is 0.562. The molecule has 0 bridgehead atoms. The molecular weight excluding hydrogens is 380 g/mol. The minimum Gasteiger partial charge on any atom is -0.495 e. The summed E-state index contributed by atoms with van der Waals surface area (Å²) >= 11 is 1.11. The van der Waals surface area contributed by atoms with Gasteiger partial charge in [0.25, 0.3) is 11.1 Å². The number of carbonyl (C=O) groups is 2. The van der Waals surface area contributed by atoms with Crippen molar-refractivity contribution >= 4 is 29.3 Å². The van der Waals surface area contributed by atoms with E-state index < -0.39 is 0 Å². The Morgan fingerprint density at radius 2 is 1.82 bits per heavy atom. The van der Waals surface area contributed by atoms with Crippen molar-refractivity contribution in [3.05, 3.63) is 66.1 Å². The molecule has 8 nitrogen and oxygen atoms in total. The number of thioether (sulfide) groups is 1. The van der Waals surface area contributed by atoms with Crippen molar-refractivity contribution in [2.75, 3.05) is 18.2 Å². The van der Waals surface area contributed by atoms with Crippen LogP contribution >= 0.6 is 11.8 Å². The lowest BCUT2D eigenvalue weighted by atomic mass is 10.2. The van der Waals surface area contributed by atoms with Crippen molar-refractivity contribution in [1.29, 1.82) is 0 Å². The lowest BCUT2D eigenvalue weighted by molar-refractivity contribution is -0.113. The van der Waals surface area contributed by atoms with Gasteiger partial charge >= 0.3 is 0 Å². The van der Waals surface area contributed by atoms with Crippen molar-refractivity contribution in [3.8, 4) is 5.75 Å². The molecule has 1 heterocycles. The van der Waals surface area contributed by atoms with E-state index in [2.05, 4.69) is 20.8 Å². The van der Waals surface area contributed by atoms with Gasteiger partial charge in [-0.25, -0.2) is 0 Å². The van der Waals surface area contributed by atoms with Crippen LogP contribution in [-0.2, 0) is 11.3 Å².